The van der Waals surface area contributed by atoms with Crippen LogP contribution in [0.3, 0.4) is 0 Å². The number of para-hydroxylation sites is 1. The van der Waals surface area contributed by atoms with Crippen molar-refractivity contribution in [1.82, 2.24) is 5.32 Å². The van der Waals surface area contributed by atoms with Crippen LogP contribution in [0.2, 0.25) is 0 Å². The van der Waals surface area contributed by atoms with E-state index in [4.69, 9.17) is 4.74 Å². The Bertz CT molecular complexity index is 410. The van der Waals surface area contributed by atoms with Crippen LogP contribution in [0.1, 0.15) is 5.56 Å². The molecule has 1 aromatic carbocycles. The Morgan fingerprint density at radius 2 is 2.00 bits per heavy atom. The molecule has 0 aliphatic carbocycles. The van der Waals surface area contributed by atoms with Crippen LogP contribution in [0.5, 0.6) is 5.75 Å². The molecule has 1 rings (SSSR count). The quantitative estimate of drug-likeness (QED) is 0.637. The van der Waals surface area contributed by atoms with Gasteiger partial charge >= 0.3 is 12.1 Å². The zero-order valence-electron chi connectivity index (χ0n) is 9.26. The summed E-state index contributed by atoms with van der Waals surface area (Å²) in [6.07, 6.45) is -4.55. The van der Waals surface area contributed by atoms with Crippen LogP contribution in [-0.4, -0.2) is 23.2 Å². The lowest BCUT2D eigenvalue weighted by Gasteiger charge is -2.11. The molecule has 0 spiro atoms. The third kappa shape index (κ3) is 4.71. The molecule has 0 heterocycles. The average molecular weight is 373 g/mol. The van der Waals surface area contributed by atoms with Crippen LogP contribution >= 0.6 is 22.6 Å². The third-order valence-electron chi connectivity index (χ3n) is 2.12. The fourth-order valence-corrected chi connectivity index (χ4v) is 1.66. The molecule has 3 nitrogen and oxygen atoms in total. The van der Waals surface area contributed by atoms with Gasteiger partial charge in [0.25, 0.3) is 0 Å². The zero-order valence-corrected chi connectivity index (χ0v) is 11.4. The Balaban J connectivity index is 2.51. The second kappa shape index (κ2) is 6.81. The molecule has 7 heteroatoms. The van der Waals surface area contributed by atoms with E-state index in [1.54, 1.807) is 24.3 Å². The van der Waals surface area contributed by atoms with Gasteiger partial charge < -0.3 is 10.1 Å². The number of benzene rings is 1. The van der Waals surface area contributed by atoms with Gasteiger partial charge in [0.1, 0.15) is 10.4 Å². The maximum absolute atomic E-state index is 11.9. The predicted octanol–water partition coefficient (Wildman–Crippen LogP) is 2.68. The van der Waals surface area contributed by atoms with E-state index in [2.05, 4.69) is 0 Å². The number of amides is 1. The van der Waals surface area contributed by atoms with Gasteiger partial charge in [-0.05, 0) is 40.6 Å². The van der Waals surface area contributed by atoms with Crippen LogP contribution in [0.15, 0.2) is 24.3 Å². The SMILES string of the molecule is O=C(NCCc1ccccc1OCI)C(F)(F)F. The average Bonchev–Trinajstić information content (AvgIpc) is 2.30. The van der Waals surface area contributed by atoms with Gasteiger partial charge in [-0.1, -0.05) is 18.2 Å². The van der Waals surface area contributed by atoms with Crippen molar-refractivity contribution >= 4 is 28.5 Å². The number of carbonyl (C=O) groups excluding carboxylic acids is 1. The molecular formula is C11H11F3INO2. The van der Waals surface area contributed by atoms with Gasteiger partial charge in [-0.3, -0.25) is 4.79 Å². The zero-order chi connectivity index (χ0) is 13.6. The van der Waals surface area contributed by atoms with Crippen LogP contribution < -0.4 is 10.1 Å². The first-order valence-corrected chi connectivity index (χ1v) is 6.59. The summed E-state index contributed by atoms with van der Waals surface area (Å²) in [5.74, 6) is -1.30. The van der Waals surface area contributed by atoms with Gasteiger partial charge in [-0.25, -0.2) is 0 Å². The van der Waals surface area contributed by atoms with Crippen molar-refractivity contribution in [3.05, 3.63) is 29.8 Å². The summed E-state index contributed by atoms with van der Waals surface area (Å²) < 4.78 is 41.6. The summed E-state index contributed by atoms with van der Waals surface area (Å²) >= 11 is 2.03. The molecule has 1 amide bonds. The largest absolute Gasteiger partial charge is 0.483 e. The number of rotatable bonds is 5. The second-order valence-corrected chi connectivity index (χ2v) is 3.99. The molecule has 0 aromatic heterocycles. The van der Waals surface area contributed by atoms with E-state index in [0.29, 0.717) is 10.4 Å². The normalized spacial score (nSPS) is 11.1. The van der Waals surface area contributed by atoms with E-state index < -0.39 is 12.1 Å². The summed E-state index contributed by atoms with van der Waals surface area (Å²) in [7, 11) is 0. The molecule has 0 aliphatic heterocycles. The van der Waals surface area contributed by atoms with Gasteiger partial charge in [0.15, 0.2) is 0 Å². The standard InChI is InChI=1S/C11H11F3INO2/c12-11(13,14)10(17)16-6-5-8-3-1-2-4-9(8)18-7-15/h1-4H,5-7H2,(H,16,17). The Morgan fingerprint density at radius 1 is 1.33 bits per heavy atom. The second-order valence-electron chi connectivity index (χ2n) is 3.36. The molecule has 18 heavy (non-hydrogen) atoms. The van der Waals surface area contributed by atoms with E-state index in [9.17, 15) is 18.0 Å². The summed E-state index contributed by atoms with van der Waals surface area (Å²) in [5, 5.41) is 1.82. The fraction of sp³-hybridized carbons (Fsp3) is 0.364. The fourth-order valence-electron chi connectivity index (χ4n) is 1.32. The summed E-state index contributed by atoms with van der Waals surface area (Å²) in [6.45, 7) is -0.0834. The van der Waals surface area contributed by atoms with E-state index in [0.717, 1.165) is 5.56 Å². The summed E-state index contributed by atoms with van der Waals surface area (Å²) in [4.78, 5) is 10.6. The summed E-state index contributed by atoms with van der Waals surface area (Å²) in [5.41, 5.74) is 0.761. The minimum absolute atomic E-state index is 0.0834. The molecule has 0 bridgehead atoms. The minimum Gasteiger partial charge on any atom is -0.483 e. The smallest absolute Gasteiger partial charge is 0.471 e. The Morgan fingerprint density at radius 3 is 2.61 bits per heavy atom. The number of alkyl halides is 4. The lowest BCUT2D eigenvalue weighted by Crippen LogP contribution is -2.37. The number of halogens is 4. The Kier molecular flexibility index (Phi) is 5.70. The molecule has 1 aromatic rings. The topological polar surface area (TPSA) is 38.3 Å². The number of ether oxygens (including phenoxy) is 1. The lowest BCUT2D eigenvalue weighted by molar-refractivity contribution is -0.173. The van der Waals surface area contributed by atoms with E-state index >= 15 is 0 Å². The van der Waals surface area contributed by atoms with Crippen LogP contribution in [0.4, 0.5) is 13.2 Å². The molecule has 100 valence electrons. The highest BCUT2D eigenvalue weighted by Gasteiger charge is 2.38. The van der Waals surface area contributed by atoms with Crippen molar-refractivity contribution < 1.29 is 22.7 Å². The van der Waals surface area contributed by atoms with Crippen molar-refractivity contribution in [2.24, 2.45) is 0 Å². The van der Waals surface area contributed by atoms with Crippen molar-refractivity contribution in [3.63, 3.8) is 0 Å². The van der Waals surface area contributed by atoms with E-state index in [-0.39, 0.29) is 13.0 Å². The summed E-state index contributed by atoms with van der Waals surface area (Å²) in [6, 6.07) is 7.03. The number of hydrogen-bond donors (Lipinski definition) is 1. The van der Waals surface area contributed by atoms with Crippen LogP contribution in [-0.2, 0) is 11.2 Å². The molecule has 0 fully saturated rings. The number of hydrogen-bond acceptors (Lipinski definition) is 2. The molecule has 0 radical (unpaired) electrons. The van der Waals surface area contributed by atoms with E-state index in [1.807, 2.05) is 27.9 Å². The van der Waals surface area contributed by atoms with Crippen LogP contribution in [0, 0.1) is 0 Å². The Hall–Kier alpha value is -0.990. The molecule has 0 saturated carbocycles. The highest BCUT2D eigenvalue weighted by atomic mass is 127. The first kappa shape index (κ1) is 15.1. The molecule has 0 saturated heterocycles. The molecule has 0 aliphatic rings. The minimum atomic E-state index is -4.84. The Labute approximate surface area is 116 Å². The van der Waals surface area contributed by atoms with Crippen molar-refractivity contribution in [2.75, 3.05) is 11.2 Å². The molecule has 0 unspecified atom stereocenters. The lowest BCUT2D eigenvalue weighted by atomic mass is 10.1. The maximum atomic E-state index is 11.9. The van der Waals surface area contributed by atoms with Gasteiger partial charge in [0.05, 0.1) is 0 Å². The third-order valence-corrected chi connectivity index (χ3v) is 2.43. The highest BCUT2D eigenvalue weighted by molar-refractivity contribution is 14.1. The first-order valence-electron chi connectivity index (χ1n) is 5.07. The highest BCUT2D eigenvalue weighted by Crippen LogP contribution is 2.19. The molecule has 0 atom stereocenters. The van der Waals surface area contributed by atoms with Crippen molar-refractivity contribution in [2.45, 2.75) is 12.6 Å². The predicted molar refractivity (Wildman–Crippen MR) is 68.7 cm³/mol. The monoisotopic (exact) mass is 373 g/mol. The van der Waals surface area contributed by atoms with Crippen LogP contribution in [0.25, 0.3) is 0 Å². The number of nitrogens with one attached hydrogen (secondary N) is 1. The maximum Gasteiger partial charge on any atom is 0.471 e. The molecule has 1 N–H and O–H groups in total. The number of carbonyl (C=O) groups is 1. The van der Waals surface area contributed by atoms with Gasteiger partial charge in [-0.15, -0.1) is 0 Å². The van der Waals surface area contributed by atoms with Gasteiger partial charge in [-0.2, -0.15) is 13.2 Å². The first-order chi connectivity index (χ1) is 8.45. The van der Waals surface area contributed by atoms with Gasteiger partial charge in [0, 0.05) is 6.54 Å². The molecular weight excluding hydrogens is 362 g/mol. The van der Waals surface area contributed by atoms with Gasteiger partial charge in [0.2, 0.25) is 0 Å². The van der Waals surface area contributed by atoms with Crippen molar-refractivity contribution in [3.8, 4) is 5.75 Å². The van der Waals surface area contributed by atoms with Crippen molar-refractivity contribution in [1.29, 1.82) is 0 Å². The van der Waals surface area contributed by atoms with E-state index in [1.165, 1.54) is 0 Å².